The largest absolute Gasteiger partial charge is 0.392 e. The van der Waals surface area contributed by atoms with Gasteiger partial charge in [-0.05, 0) is 12.1 Å². The van der Waals surface area contributed by atoms with Gasteiger partial charge in [-0.3, -0.25) is 0 Å². The summed E-state index contributed by atoms with van der Waals surface area (Å²) in [6.07, 6.45) is 33.2. The van der Waals surface area contributed by atoms with E-state index in [1.54, 1.807) is 14.2 Å². The molecule has 39 heavy (non-hydrogen) atoms. The van der Waals surface area contributed by atoms with Crippen molar-refractivity contribution in [3.05, 3.63) is 0 Å². The number of hydrogen-bond donors (Lipinski definition) is 0. The van der Waals surface area contributed by atoms with Crippen LogP contribution in [-0.2, 0) is 18.3 Å². The van der Waals surface area contributed by atoms with Gasteiger partial charge in [-0.15, -0.1) is 0 Å². The van der Waals surface area contributed by atoms with E-state index in [0.29, 0.717) is 26.4 Å². The minimum atomic E-state index is -2.22. The van der Waals surface area contributed by atoms with Crippen LogP contribution in [0.25, 0.3) is 0 Å². The third kappa shape index (κ3) is 28.0. The van der Waals surface area contributed by atoms with Crippen LogP contribution in [0, 0.1) is 0 Å². The van der Waals surface area contributed by atoms with Crippen LogP contribution in [0.15, 0.2) is 0 Å². The van der Waals surface area contributed by atoms with Crippen LogP contribution in [0.2, 0.25) is 12.1 Å². The zero-order valence-corrected chi connectivity index (χ0v) is 28.3. The van der Waals surface area contributed by atoms with Crippen molar-refractivity contribution in [2.24, 2.45) is 0 Å². The highest BCUT2D eigenvalue weighted by atomic mass is 28.4. The van der Waals surface area contributed by atoms with Crippen molar-refractivity contribution in [3.63, 3.8) is 0 Å². The molecule has 0 aliphatic carbocycles. The fourth-order valence-corrected chi connectivity index (χ4v) is 8.95. The van der Waals surface area contributed by atoms with E-state index >= 15 is 0 Å². The third-order valence-corrected chi connectivity index (χ3v) is 11.8. The van der Waals surface area contributed by atoms with Gasteiger partial charge in [0.2, 0.25) is 0 Å². The molecule has 0 aliphatic heterocycles. The number of methoxy groups -OCH3 is 2. The summed E-state index contributed by atoms with van der Waals surface area (Å²) < 4.78 is 23.7. The molecule has 0 fully saturated rings. The summed E-state index contributed by atoms with van der Waals surface area (Å²) >= 11 is 0. The Morgan fingerprint density at radius 1 is 0.333 bits per heavy atom. The van der Waals surface area contributed by atoms with Crippen molar-refractivity contribution in [1.29, 1.82) is 0 Å². The van der Waals surface area contributed by atoms with Crippen molar-refractivity contribution in [1.82, 2.24) is 0 Å². The van der Waals surface area contributed by atoms with Gasteiger partial charge >= 0.3 is 8.56 Å². The second kappa shape index (κ2) is 32.6. The Balaban J connectivity index is 4.25. The number of rotatable bonds is 34. The third-order valence-electron chi connectivity index (χ3n) is 8.13. The van der Waals surface area contributed by atoms with Gasteiger partial charge in [0.25, 0.3) is 0 Å². The monoisotopic (exact) mass is 573 g/mol. The van der Waals surface area contributed by atoms with Crippen molar-refractivity contribution in [3.8, 4) is 0 Å². The fourth-order valence-electron chi connectivity index (χ4n) is 5.55. The van der Waals surface area contributed by atoms with Crippen molar-refractivity contribution in [2.45, 2.75) is 180 Å². The molecule has 0 N–H and O–H groups in total. The first-order chi connectivity index (χ1) is 19.2. The molecule has 0 saturated heterocycles. The number of unbranched alkanes of at least 4 members (excludes halogenated alkanes) is 22. The summed E-state index contributed by atoms with van der Waals surface area (Å²) in [6.45, 7) is 7.21. The average Bonchev–Trinajstić information content (AvgIpc) is 2.94. The molecule has 0 spiro atoms. The SMILES string of the molecule is CCCCCCCCCCCCCC[Si](CCCCCCCCCCCCCC)(OCCOC)OCCOC. The maximum absolute atomic E-state index is 6.55. The van der Waals surface area contributed by atoms with Gasteiger partial charge < -0.3 is 18.3 Å². The molecule has 0 heterocycles. The maximum Gasteiger partial charge on any atom is 0.338 e. The lowest BCUT2D eigenvalue weighted by atomic mass is 10.1. The Kier molecular flexibility index (Phi) is 32.6. The molecule has 4 nitrogen and oxygen atoms in total. The lowest BCUT2D eigenvalue weighted by Gasteiger charge is -2.31. The van der Waals surface area contributed by atoms with Crippen molar-refractivity contribution in [2.75, 3.05) is 40.6 Å². The van der Waals surface area contributed by atoms with Gasteiger partial charge in [-0.2, -0.15) is 0 Å². The Morgan fingerprint density at radius 2 is 0.590 bits per heavy atom. The molecule has 0 aromatic heterocycles. The average molecular weight is 573 g/mol. The van der Waals surface area contributed by atoms with Gasteiger partial charge in [0, 0.05) is 14.2 Å². The van der Waals surface area contributed by atoms with Crippen molar-refractivity contribution >= 4 is 8.56 Å². The molecule has 0 aliphatic rings. The van der Waals surface area contributed by atoms with E-state index in [0.717, 1.165) is 12.1 Å². The van der Waals surface area contributed by atoms with Gasteiger partial charge in [0.15, 0.2) is 0 Å². The standard InChI is InChI=1S/C34H72O4Si/c1-5-7-9-11-13-15-17-19-21-23-25-27-33-39(37-31-29-35-3,38-32-30-36-4)34-28-26-24-22-20-18-16-14-12-10-8-6-2/h5-34H2,1-4H3. The van der Waals surface area contributed by atoms with Crippen LogP contribution in [-0.4, -0.2) is 49.2 Å². The molecule has 0 amide bonds. The highest BCUT2D eigenvalue weighted by molar-refractivity contribution is 6.67. The predicted octanol–water partition coefficient (Wildman–Crippen LogP) is 11.2. The molecule has 0 rings (SSSR count). The van der Waals surface area contributed by atoms with E-state index in [2.05, 4.69) is 13.8 Å². The molecule has 0 radical (unpaired) electrons. The van der Waals surface area contributed by atoms with Crippen LogP contribution < -0.4 is 0 Å². The molecule has 236 valence electrons. The maximum atomic E-state index is 6.55. The predicted molar refractivity (Wildman–Crippen MR) is 173 cm³/mol. The first kappa shape index (κ1) is 39.1. The first-order valence-electron chi connectivity index (χ1n) is 17.5. The highest BCUT2D eigenvalue weighted by Crippen LogP contribution is 2.27. The van der Waals surface area contributed by atoms with E-state index < -0.39 is 8.56 Å². The summed E-state index contributed by atoms with van der Waals surface area (Å²) in [5, 5.41) is 0. The topological polar surface area (TPSA) is 36.9 Å². The number of hydrogen-bond acceptors (Lipinski definition) is 4. The molecule has 5 heteroatoms. The summed E-state index contributed by atoms with van der Waals surface area (Å²) in [7, 11) is 1.29. The second-order valence-electron chi connectivity index (χ2n) is 11.9. The van der Waals surface area contributed by atoms with Gasteiger partial charge in [-0.25, -0.2) is 0 Å². The summed E-state index contributed by atoms with van der Waals surface area (Å²) in [5.41, 5.74) is 0. The zero-order chi connectivity index (χ0) is 28.5. The van der Waals surface area contributed by atoms with Crippen LogP contribution >= 0.6 is 0 Å². The van der Waals surface area contributed by atoms with Crippen LogP contribution in [0.1, 0.15) is 168 Å². The highest BCUT2D eigenvalue weighted by Gasteiger charge is 2.36. The summed E-state index contributed by atoms with van der Waals surface area (Å²) in [6, 6.07) is 2.24. The molecule has 0 unspecified atom stereocenters. The molecular weight excluding hydrogens is 500 g/mol. The quantitative estimate of drug-likeness (QED) is 0.0567. The lowest BCUT2D eigenvalue weighted by Crippen LogP contribution is -2.43. The zero-order valence-electron chi connectivity index (χ0n) is 27.3. The van der Waals surface area contributed by atoms with E-state index in [4.69, 9.17) is 18.3 Å². The lowest BCUT2D eigenvalue weighted by molar-refractivity contribution is 0.0849. The Morgan fingerprint density at radius 3 is 0.846 bits per heavy atom. The van der Waals surface area contributed by atoms with Crippen molar-refractivity contribution < 1.29 is 18.3 Å². The smallest absolute Gasteiger partial charge is 0.338 e. The number of ether oxygens (including phenoxy) is 2. The minimum Gasteiger partial charge on any atom is -0.392 e. The Bertz CT molecular complexity index is 409. The Labute approximate surface area is 247 Å². The summed E-state index contributed by atoms with van der Waals surface area (Å²) in [5.74, 6) is 0. The van der Waals surface area contributed by atoms with Crippen LogP contribution in [0.3, 0.4) is 0 Å². The van der Waals surface area contributed by atoms with E-state index in [9.17, 15) is 0 Å². The molecule has 0 bridgehead atoms. The van der Waals surface area contributed by atoms with Crippen LogP contribution in [0.4, 0.5) is 0 Å². The van der Waals surface area contributed by atoms with E-state index in [1.165, 1.54) is 154 Å². The van der Waals surface area contributed by atoms with Gasteiger partial charge in [-0.1, -0.05) is 168 Å². The summed E-state index contributed by atoms with van der Waals surface area (Å²) in [4.78, 5) is 0. The molecular formula is C34H72O4Si. The minimum absolute atomic E-state index is 0.652. The Hall–Kier alpha value is 0.0569. The second-order valence-corrected chi connectivity index (χ2v) is 15.3. The molecule has 0 atom stereocenters. The first-order valence-corrected chi connectivity index (χ1v) is 19.7. The van der Waals surface area contributed by atoms with Gasteiger partial charge in [0.1, 0.15) is 0 Å². The fraction of sp³-hybridized carbons (Fsp3) is 1.00. The molecule has 0 aromatic rings. The molecule has 0 saturated carbocycles. The normalized spacial score (nSPS) is 12.0. The van der Waals surface area contributed by atoms with E-state index in [-0.39, 0.29) is 0 Å². The van der Waals surface area contributed by atoms with Crippen LogP contribution in [0.5, 0.6) is 0 Å². The van der Waals surface area contributed by atoms with E-state index in [1.807, 2.05) is 0 Å². The molecule has 0 aromatic carbocycles. The van der Waals surface area contributed by atoms with Gasteiger partial charge in [0.05, 0.1) is 26.4 Å².